The standard InChI is InChI=1S/C15H22N4OS/c1-15(2,3)13-10-12-14(16-6-7-19(12)18-13)17-11-4-8-21(20)9-5-11/h6-7,10-11H,4-5,8-9H2,1-3H3,(H,16,17). The molecule has 0 aromatic carbocycles. The van der Waals surface area contributed by atoms with Crippen molar-refractivity contribution in [3.63, 3.8) is 0 Å². The maximum Gasteiger partial charge on any atom is 0.152 e. The van der Waals surface area contributed by atoms with Crippen molar-refractivity contribution in [2.24, 2.45) is 0 Å². The largest absolute Gasteiger partial charge is 0.365 e. The lowest BCUT2D eigenvalue weighted by molar-refractivity contribution is 0.562. The highest BCUT2D eigenvalue weighted by molar-refractivity contribution is 7.85. The Kier molecular flexibility index (Phi) is 3.73. The molecule has 2 aromatic heterocycles. The molecule has 1 fully saturated rings. The van der Waals surface area contributed by atoms with Gasteiger partial charge in [-0.05, 0) is 18.9 Å². The van der Waals surface area contributed by atoms with Crippen LogP contribution in [0.25, 0.3) is 5.52 Å². The summed E-state index contributed by atoms with van der Waals surface area (Å²) in [7, 11) is -0.632. The Morgan fingerprint density at radius 2 is 2.05 bits per heavy atom. The summed E-state index contributed by atoms with van der Waals surface area (Å²) >= 11 is 0. The molecule has 0 amide bonds. The van der Waals surface area contributed by atoms with Gasteiger partial charge in [-0.25, -0.2) is 9.50 Å². The van der Waals surface area contributed by atoms with Gasteiger partial charge < -0.3 is 5.32 Å². The summed E-state index contributed by atoms with van der Waals surface area (Å²) in [4.78, 5) is 4.47. The highest BCUT2D eigenvalue weighted by atomic mass is 32.2. The summed E-state index contributed by atoms with van der Waals surface area (Å²) in [6.07, 6.45) is 5.53. The molecule has 2 aromatic rings. The van der Waals surface area contributed by atoms with Gasteiger partial charge >= 0.3 is 0 Å². The molecular weight excluding hydrogens is 284 g/mol. The number of nitrogens with zero attached hydrogens (tertiary/aromatic N) is 3. The van der Waals surface area contributed by atoms with Gasteiger partial charge in [0.25, 0.3) is 0 Å². The fraction of sp³-hybridized carbons (Fsp3) is 0.600. The average Bonchev–Trinajstić information content (AvgIpc) is 2.86. The van der Waals surface area contributed by atoms with E-state index < -0.39 is 10.8 Å². The molecule has 0 spiro atoms. The summed E-state index contributed by atoms with van der Waals surface area (Å²) in [6, 6.07) is 2.46. The van der Waals surface area contributed by atoms with Crippen LogP contribution in [0.2, 0.25) is 0 Å². The van der Waals surface area contributed by atoms with E-state index in [-0.39, 0.29) is 5.41 Å². The molecule has 1 aliphatic rings. The summed E-state index contributed by atoms with van der Waals surface area (Å²) < 4.78 is 13.3. The van der Waals surface area contributed by atoms with Gasteiger partial charge in [-0.15, -0.1) is 0 Å². The van der Waals surface area contributed by atoms with Crippen LogP contribution in [0, 0.1) is 0 Å². The average molecular weight is 306 g/mol. The molecule has 6 heteroatoms. The zero-order valence-corrected chi connectivity index (χ0v) is 13.6. The molecule has 0 bridgehead atoms. The summed E-state index contributed by atoms with van der Waals surface area (Å²) in [6.45, 7) is 6.48. The van der Waals surface area contributed by atoms with E-state index in [0.717, 1.165) is 41.4 Å². The zero-order valence-electron chi connectivity index (χ0n) is 12.8. The Bertz CT molecular complexity index is 664. The van der Waals surface area contributed by atoms with Gasteiger partial charge in [-0.3, -0.25) is 4.21 Å². The van der Waals surface area contributed by atoms with Crippen LogP contribution in [0.3, 0.4) is 0 Å². The molecule has 0 unspecified atom stereocenters. The van der Waals surface area contributed by atoms with Crippen LogP contribution in [0.4, 0.5) is 5.82 Å². The number of anilines is 1. The number of aromatic nitrogens is 3. The van der Waals surface area contributed by atoms with Gasteiger partial charge in [0.05, 0.1) is 5.69 Å². The first-order valence-corrected chi connectivity index (χ1v) is 8.89. The third-order valence-corrected chi connectivity index (χ3v) is 5.27. The minimum Gasteiger partial charge on any atom is -0.365 e. The van der Waals surface area contributed by atoms with Crippen LogP contribution in [0.15, 0.2) is 18.5 Å². The van der Waals surface area contributed by atoms with Gasteiger partial charge in [0.1, 0.15) is 5.52 Å². The molecule has 0 aliphatic carbocycles. The quantitative estimate of drug-likeness (QED) is 0.925. The smallest absolute Gasteiger partial charge is 0.152 e. The van der Waals surface area contributed by atoms with Crippen LogP contribution in [-0.2, 0) is 16.2 Å². The fourth-order valence-corrected chi connectivity index (χ4v) is 3.83. The third-order valence-electron chi connectivity index (χ3n) is 3.89. The molecular formula is C15H22N4OS. The lowest BCUT2D eigenvalue weighted by atomic mass is 9.92. The molecule has 1 saturated heterocycles. The lowest BCUT2D eigenvalue weighted by Gasteiger charge is -2.23. The number of nitrogens with one attached hydrogen (secondary N) is 1. The second-order valence-electron chi connectivity index (χ2n) is 6.65. The Hall–Kier alpha value is -1.43. The zero-order chi connectivity index (χ0) is 15.0. The minimum atomic E-state index is -0.632. The van der Waals surface area contributed by atoms with Crippen molar-refractivity contribution in [1.29, 1.82) is 0 Å². The van der Waals surface area contributed by atoms with E-state index in [2.05, 4.69) is 42.2 Å². The van der Waals surface area contributed by atoms with Crippen LogP contribution in [0.5, 0.6) is 0 Å². The number of hydrogen-bond acceptors (Lipinski definition) is 4. The lowest BCUT2D eigenvalue weighted by Crippen LogP contribution is -2.29. The van der Waals surface area contributed by atoms with Crippen molar-refractivity contribution in [3.8, 4) is 0 Å². The van der Waals surface area contributed by atoms with Crippen molar-refractivity contribution >= 4 is 22.1 Å². The van der Waals surface area contributed by atoms with Crippen molar-refractivity contribution in [2.75, 3.05) is 16.8 Å². The maximum absolute atomic E-state index is 11.4. The summed E-state index contributed by atoms with van der Waals surface area (Å²) in [5.41, 5.74) is 2.09. The normalized spacial score (nSPS) is 23.4. The molecule has 1 N–H and O–H groups in total. The van der Waals surface area contributed by atoms with Gasteiger partial charge in [0.15, 0.2) is 5.82 Å². The van der Waals surface area contributed by atoms with E-state index in [1.54, 1.807) is 6.20 Å². The van der Waals surface area contributed by atoms with Crippen molar-refractivity contribution in [2.45, 2.75) is 45.1 Å². The van der Waals surface area contributed by atoms with E-state index in [4.69, 9.17) is 0 Å². The molecule has 5 nitrogen and oxygen atoms in total. The Labute approximate surface area is 127 Å². The summed E-state index contributed by atoms with van der Waals surface area (Å²) in [5, 5.41) is 8.14. The molecule has 0 atom stereocenters. The summed E-state index contributed by atoms with van der Waals surface area (Å²) in [5.74, 6) is 2.44. The van der Waals surface area contributed by atoms with E-state index >= 15 is 0 Å². The predicted octanol–water partition coefficient (Wildman–Crippen LogP) is 2.35. The molecule has 21 heavy (non-hydrogen) atoms. The third kappa shape index (κ3) is 3.10. The highest BCUT2D eigenvalue weighted by Crippen LogP contribution is 2.25. The topological polar surface area (TPSA) is 59.3 Å². The van der Waals surface area contributed by atoms with E-state index in [9.17, 15) is 4.21 Å². The van der Waals surface area contributed by atoms with Crippen molar-refractivity contribution < 1.29 is 4.21 Å². The van der Waals surface area contributed by atoms with Crippen LogP contribution >= 0.6 is 0 Å². The fourth-order valence-electron chi connectivity index (χ4n) is 2.53. The van der Waals surface area contributed by atoms with Gasteiger partial charge in [0, 0.05) is 46.2 Å². The predicted molar refractivity (Wildman–Crippen MR) is 86.2 cm³/mol. The highest BCUT2D eigenvalue weighted by Gasteiger charge is 2.21. The second-order valence-corrected chi connectivity index (χ2v) is 8.35. The maximum atomic E-state index is 11.4. The van der Waals surface area contributed by atoms with Crippen molar-refractivity contribution in [3.05, 3.63) is 24.2 Å². The second kappa shape index (κ2) is 5.40. The van der Waals surface area contributed by atoms with Crippen LogP contribution in [0.1, 0.15) is 39.3 Å². The number of hydrogen-bond donors (Lipinski definition) is 1. The number of rotatable bonds is 2. The Morgan fingerprint density at radius 3 is 2.71 bits per heavy atom. The molecule has 0 radical (unpaired) electrons. The van der Waals surface area contributed by atoms with E-state index in [0.29, 0.717) is 6.04 Å². The van der Waals surface area contributed by atoms with Crippen molar-refractivity contribution in [1.82, 2.24) is 14.6 Å². The molecule has 114 valence electrons. The first kappa shape index (κ1) is 14.5. The molecule has 0 saturated carbocycles. The Morgan fingerprint density at radius 1 is 1.33 bits per heavy atom. The SMILES string of the molecule is CC(C)(C)c1cc2c(NC3CCS(=O)CC3)nccn2n1. The molecule has 3 heterocycles. The first-order chi connectivity index (χ1) is 9.93. The van der Waals surface area contributed by atoms with E-state index in [1.807, 2.05) is 10.7 Å². The van der Waals surface area contributed by atoms with Gasteiger partial charge in [-0.1, -0.05) is 20.8 Å². The monoisotopic (exact) mass is 306 g/mol. The Balaban J connectivity index is 1.88. The minimum absolute atomic E-state index is 0.0189. The first-order valence-electron chi connectivity index (χ1n) is 7.40. The molecule has 3 rings (SSSR count). The van der Waals surface area contributed by atoms with Crippen LogP contribution in [-0.4, -0.2) is 36.4 Å². The van der Waals surface area contributed by atoms with Gasteiger partial charge in [0.2, 0.25) is 0 Å². The number of fused-ring (bicyclic) bond motifs is 1. The molecule has 1 aliphatic heterocycles. The van der Waals surface area contributed by atoms with E-state index in [1.165, 1.54) is 0 Å². The van der Waals surface area contributed by atoms with Crippen LogP contribution < -0.4 is 5.32 Å². The van der Waals surface area contributed by atoms with Gasteiger partial charge in [-0.2, -0.15) is 5.10 Å².